The van der Waals surface area contributed by atoms with Gasteiger partial charge in [-0.25, -0.2) is 13.9 Å². The topological polar surface area (TPSA) is 116 Å². The maximum atomic E-state index is 13.1. The van der Waals surface area contributed by atoms with Crippen LogP contribution in [0.25, 0.3) is 11.1 Å². The lowest BCUT2D eigenvalue weighted by atomic mass is 9.93. The molecule has 2 N–H and O–H groups in total. The van der Waals surface area contributed by atoms with E-state index in [9.17, 15) is 18.0 Å². The van der Waals surface area contributed by atoms with Crippen molar-refractivity contribution in [3.8, 4) is 11.1 Å². The molecular weight excluding hydrogens is 482 g/mol. The summed E-state index contributed by atoms with van der Waals surface area (Å²) in [7, 11) is -3.82. The first-order valence-corrected chi connectivity index (χ1v) is 14.0. The van der Waals surface area contributed by atoms with Gasteiger partial charge in [-0.05, 0) is 48.1 Å². The van der Waals surface area contributed by atoms with Gasteiger partial charge in [0.2, 0.25) is 0 Å². The number of rotatable bonds is 8. The first kappa shape index (κ1) is 26.3. The van der Waals surface area contributed by atoms with Gasteiger partial charge in [-0.15, -0.1) is 0 Å². The van der Waals surface area contributed by atoms with Crippen LogP contribution in [0, 0.1) is 0 Å². The summed E-state index contributed by atoms with van der Waals surface area (Å²) in [4.78, 5) is 29.1. The quantitative estimate of drug-likeness (QED) is 0.407. The molecule has 1 fully saturated rings. The van der Waals surface area contributed by atoms with Crippen LogP contribution in [0.3, 0.4) is 0 Å². The zero-order chi connectivity index (χ0) is 25.9. The van der Waals surface area contributed by atoms with Crippen molar-refractivity contribution < 1.29 is 28.0 Å². The van der Waals surface area contributed by atoms with Crippen LogP contribution in [-0.4, -0.2) is 85.6 Å². The molecule has 2 aromatic rings. The number of benzene rings is 2. The molecule has 0 unspecified atom stereocenters. The molecule has 36 heavy (non-hydrogen) atoms. The zero-order valence-electron chi connectivity index (χ0n) is 20.7. The van der Waals surface area contributed by atoms with Gasteiger partial charge in [-0.1, -0.05) is 36.4 Å². The molecule has 0 radical (unpaired) electrons. The number of nitrogens with zero attached hydrogens (tertiary/aromatic N) is 2. The van der Waals surface area contributed by atoms with E-state index in [-0.39, 0.29) is 18.9 Å². The van der Waals surface area contributed by atoms with Crippen LogP contribution in [0.1, 0.15) is 34.8 Å². The fraction of sp³-hybridized carbons (Fsp3) is 0.462. The van der Waals surface area contributed by atoms with Crippen molar-refractivity contribution in [1.29, 1.82) is 0 Å². The normalized spacial score (nSPS) is 18.4. The highest BCUT2D eigenvalue weighted by atomic mass is 32.2. The van der Waals surface area contributed by atoms with Crippen molar-refractivity contribution in [2.24, 2.45) is 0 Å². The highest BCUT2D eigenvalue weighted by molar-refractivity contribution is 7.92. The minimum atomic E-state index is -3.82. The molecule has 0 spiro atoms. The largest absolute Gasteiger partial charge is 0.379 e. The van der Waals surface area contributed by atoms with Crippen molar-refractivity contribution in [1.82, 2.24) is 15.3 Å². The van der Waals surface area contributed by atoms with E-state index in [0.717, 1.165) is 55.8 Å². The molecule has 2 aliphatic heterocycles. The number of carbonyl (C=O) groups is 2. The van der Waals surface area contributed by atoms with E-state index in [1.165, 1.54) is 18.0 Å². The number of fused-ring (bicyclic) bond motifs is 1. The van der Waals surface area contributed by atoms with E-state index in [0.29, 0.717) is 18.5 Å². The number of carbonyl (C=O) groups excluding carboxylic acids is 2. The number of hydrogen-bond donors (Lipinski definition) is 2. The van der Waals surface area contributed by atoms with Gasteiger partial charge in [0.15, 0.2) is 14.6 Å². The van der Waals surface area contributed by atoms with Gasteiger partial charge in [0.1, 0.15) is 0 Å². The Morgan fingerprint density at radius 2 is 1.75 bits per heavy atom. The molecule has 9 nitrogen and oxygen atoms in total. The molecule has 2 heterocycles. The second kappa shape index (κ2) is 10.7. The molecule has 2 aromatic carbocycles. The van der Waals surface area contributed by atoms with Crippen molar-refractivity contribution >= 4 is 21.7 Å². The fourth-order valence-corrected chi connectivity index (χ4v) is 5.53. The van der Waals surface area contributed by atoms with Crippen LogP contribution in [0.4, 0.5) is 0 Å². The molecule has 0 aliphatic carbocycles. The van der Waals surface area contributed by atoms with Gasteiger partial charge in [-0.2, -0.15) is 0 Å². The second-order valence-electron chi connectivity index (χ2n) is 9.69. The predicted molar refractivity (Wildman–Crippen MR) is 135 cm³/mol. The molecule has 2 amide bonds. The molecule has 1 saturated heterocycles. The monoisotopic (exact) mass is 515 g/mol. The van der Waals surface area contributed by atoms with E-state index >= 15 is 0 Å². The lowest BCUT2D eigenvalue weighted by Crippen LogP contribution is -2.51. The lowest BCUT2D eigenvalue weighted by molar-refractivity contribution is -0.131. The predicted octanol–water partition coefficient (Wildman–Crippen LogP) is 1.88. The van der Waals surface area contributed by atoms with E-state index in [1.807, 2.05) is 18.2 Å². The van der Waals surface area contributed by atoms with Gasteiger partial charge >= 0.3 is 0 Å². The third-order valence-corrected chi connectivity index (χ3v) is 9.36. The van der Waals surface area contributed by atoms with Gasteiger partial charge < -0.3 is 9.64 Å². The van der Waals surface area contributed by atoms with Crippen LogP contribution in [-0.2, 0) is 32.3 Å². The molecule has 2 aliphatic rings. The van der Waals surface area contributed by atoms with Gasteiger partial charge in [0.05, 0.1) is 13.2 Å². The van der Waals surface area contributed by atoms with Gasteiger partial charge in [-0.3, -0.25) is 19.7 Å². The van der Waals surface area contributed by atoms with Crippen LogP contribution >= 0.6 is 0 Å². The Labute approximate surface area is 211 Å². The fourth-order valence-electron chi connectivity index (χ4n) is 4.68. The Balaban J connectivity index is 1.44. The second-order valence-corrected chi connectivity index (χ2v) is 12.1. The van der Waals surface area contributed by atoms with Crippen molar-refractivity contribution in [3.63, 3.8) is 0 Å². The third-order valence-electron chi connectivity index (χ3n) is 7.33. The number of sulfone groups is 1. The van der Waals surface area contributed by atoms with Gasteiger partial charge in [0.25, 0.3) is 11.8 Å². The summed E-state index contributed by atoms with van der Waals surface area (Å²) in [6.45, 7) is 6.11. The summed E-state index contributed by atoms with van der Waals surface area (Å²) in [5, 5.41) is 9.01. The average molecular weight is 516 g/mol. The van der Waals surface area contributed by atoms with Crippen LogP contribution in [0.2, 0.25) is 0 Å². The number of morpholine rings is 1. The molecule has 4 rings (SSSR count). The molecule has 0 saturated carbocycles. The Bertz CT molecular complexity index is 1220. The van der Waals surface area contributed by atoms with Crippen LogP contribution in [0.15, 0.2) is 42.5 Å². The first-order valence-electron chi connectivity index (χ1n) is 12.1. The average Bonchev–Trinajstić information content (AvgIpc) is 2.88. The van der Waals surface area contributed by atoms with Crippen LogP contribution < -0.4 is 5.48 Å². The van der Waals surface area contributed by atoms with E-state index < -0.39 is 20.5 Å². The van der Waals surface area contributed by atoms with Gasteiger partial charge in [0, 0.05) is 44.5 Å². The standard InChI is InChI=1S/C26H33N3O6S/c1-26(25(31)27-32,36(2,33)34)10-12-29-11-9-22-17-21(7-8-23(22)24(29)30)20-5-3-19(4-6-20)18-28-13-15-35-16-14-28/h3-8,17,32H,9-16,18H2,1-2H3,(H,27,31)/t26-/m1/s1. The lowest BCUT2D eigenvalue weighted by Gasteiger charge is -2.32. The number of hydroxylamine groups is 1. The molecular formula is C26H33N3O6S. The Morgan fingerprint density at radius 3 is 2.39 bits per heavy atom. The van der Waals surface area contributed by atoms with Crippen LogP contribution in [0.5, 0.6) is 0 Å². The Morgan fingerprint density at radius 1 is 1.08 bits per heavy atom. The maximum absolute atomic E-state index is 13.1. The molecule has 10 heteroatoms. The Hall–Kier alpha value is -2.79. The molecule has 0 bridgehead atoms. The van der Waals surface area contributed by atoms with E-state index in [4.69, 9.17) is 9.94 Å². The molecule has 194 valence electrons. The number of ether oxygens (including phenoxy) is 1. The smallest absolute Gasteiger partial charge is 0.264 e. The summed E-state index contributed by atoms with van der Waals surface area (Å²) in [5.74, 6) is -1.20. The highest BCUT2D eigenvalue weighted by Crippen LogP contribution is 2.28. The highest BCUT2D eigenvalue weighted by Gasteiger charge is 2.44. The number of amides is 2. The summed E-state index contributed by atoms with van der Waals surface area (Å²) in [5.41, 5.74) is 6.35. The molecule has 1 atom stereocenters. The third kappa shape index (κ3) is 5.46. The minimum Gasteiger partial charge on any atom is -0.379 e. The number of hydrogen-bond acceptors (Lipinski definition) is 7. The summed E-state index contributed by atoms with van der Waals surface area (Å²) in [6, 6.07) is 14.3. The maximum Gasteiger partial charge on any atom is 0.264 e. The summed E-state index contributed by atoms with van der Waals surface area (Å²) >= 11 is 0. The van der Waals surface area contributed by atoms with E-state index in [2.05, 4.69) is 29.2 Å². The minimum absolute atomic E-state index is 0.0849. The number of nitrogens with one attached hydrogen (secondary N) is 1. The van der Waals surface area contributed by atoms with Crippen molar-refractivity contribution in [2.75, 3.05) is 45.6 Å². The van der Waals surface area contributed by atoms with E-state index in [1.54, 1.807) is 4.90 Å². The van der Waals surface area contributed by atoms with Crippen molar-refractivity contribution in [3.05, 3.63) is 59.2 Å². The first-order chi connectivity index (χ1) is 17.1. The Kier molecular flexibility index (Phi) is 7.79. The summed E-state index contributed by atoms with van der Waals surface area (Å²) < 4.78 is 28.0. The SMILES string of the molecule is C[C@@](CCN1CCc2cc(-c3ccc(CN4CCOCC4)cc3)ccc2C1=O)(C(=O)NO)S(C)(=O)=O. The molecule has 0 aromatic heterocycles. The summed E-state index contributed by atoms with van der Waals surface area (Å²) in [6.07, 6.45) is 1.46. The zero-order valence-corrected chi connectivity index (χ0v) is 21.5. The van der Waals surface area contributed by atoms with Crippen molar-refractivity contribution in [2.45, 2.75) is 31.1 Å².